The minimum absolute atomic E-state index is 0.168. The van der Waals surface area contributed by atoms with Gasteiger partial charge in [-0.15, -0.1) is 0 Å². The van der Waals surface area contributed by atoms with Crippen molar-refractivity contribution in [3.63, 3.8) is 0 Å². The molecule has 3 rings (SSSR count). The molecule has 6 heteroatoms. The summed E-state index contributed by atoms with van der Waals surface area (Å²) in [5, 5.41) is 0.450. The Labute approximate surface area is 119 Å². The van der Waals surface area contributed by atoms with Crippen LogP contribution in [0, 0.1) is 5.82 Å². The van der Waals surface area contributed by atoms with E-state index in [1.54, 1.807) is 36.5 Å². The Morgan fingerprint density at radius 3 is 2.86 bits per heavy atom. The number of nitrogens with zero attached hydrogens (tertiary/aromatic N) is 3. The lowest BCUT2D eigenvalue weighted by molar-refractivity contribution is 0.282. The molecule has 3 aromatic rings. The average molecular weight is 285 g/mol. The van der Waals surface area contributed by atoms with Crippen LogP contribution in [0.3, 0.4) is 0 Å². The van der Waals surface area contributed by atoms with Crippen LogP contribution in [0.25, 0.3) is 11.0 Å². The number of halogens is 1. The van der Waals surface area contributed by atoms with Gasteiger partial charge in [-0.3, -0.25) is 9.36 Å². The number of ether oxygens (including phenoxy) is 1. The van der Waals surface area contributed by atoms with Crippen molar-refractivity contribution in [2.75, 3.05) is 6.61 Å². The molecular formula is C15H12FN3O2. The molecule has 2 heterocycles. The predicted molar refractivity (Wildman–Crippen MR) is 75.7 cm³/mol. The summed E-state index contributed by atoms with van der Waals surface area (Å²) >= 11 is 0. The molecule has 0 radical (unpaired) electrons. The smallest absolute Gasteiger partial charge is 0.262 e. The Morgan fingerprint density at radius 2 is 2.00 bits per heavy atom. The molecule has 0 aliphatic rings. The molecule has 2 aromatic heterocycles. The van der Waals surface area contributed by atoms with Gasteiger partial charge in [-0.05, 0) is 24.3 Å². The number of fused-ring (bicyclic) bond motifs is 1. The number of rotatable bonds is 4. The Balaban J connectivity index is 1.76. The van der Waals surface area contributed by atoms with Crippen LogP contribution in [0.15, 0.2) is 53.7 Å². The first-order valence-corrected chi connectivity index (χ1v) is 6.43. The summed E-state index contributed by atoms with van der Waals surface area (Å²) in [4.78, 5) is 20.3. The molecule has 21 heavy (non-hydrogen) atoms. The van der Waals surface area contributed by atoms with Gasteiger partial charge in [0.05, 0.1) is 11.9 Å². The number of hydrogen-bond acceptors (Lipinski definition) is 4. The largest absolute Gasteiger partial charge is 0.489 e. The van der Waals surface area contributed by atoms with Gasteiger partial charge in [0, 0.05) is 6.20 Å². The Morgan fingerprint density at radius 1 is 1.14 bits per heavy atom. The SMILES string of the molecule is O=c1c2cccnc2ncn1CCOc1ccccc1F. The molecule has 5 nitrogen and oxygen atoms in total. The average Bonchev–Trinajstić information content (AvgIpc) is 2.52. The molecule has 0 spiro atoms. The molecule has 0 fully saturated rings. The van der Waals surface area contributed by atoms with E-state index >= 15 is 0 Å². The van der Waals surface area contributed by atoms with E-state index in [1.807, 2.05) is 0 Å². The van der Waals surface area contributed by atoms with Gasteiger partial charge in [0.2, 0.25) is 0 Å². The van der Waals surface area contributed by atoms with Crippen molar-refractivity contribution in [2.45, 2.75) is 6.54 Å². The van der Waals surface area contributed by atoms with Gasteiger partial charge in [0.1, 0.15) is 12.9 Å². The lowest BCUT2D eigenvalue weighted by Crippen LogP contribution is -2.23. The van der Waals surface area contributed by atoms with Crippen LogP contribution in [0.4, 0.5) is 4.39 Å². The minimum atomic E-state index is -0.425. The van der Waals surface area contributed by atoms with Crippen molar-refractivity contribution < 1.29 is 9.13 Å². The molecule has 0 N–H and O–H groups in total. The van der Waals surface area contributed by atoms with E-state index in [0.29, 0.717) is 11.0 Å². The maximum absolute atomic E-state index is 13.4. The molecular weight excluding hydrogens is 273 g/mol. The first kappa shape index (κ1) is 13.2. The van der Waals surface area contributed by atoms with Crippen LogP contribution in [0.5, 0.6) is 5.75 Å². The third-order valence-corrected chi connectivity index (χ3v) is 3.02. The standard InChI is InChI=1S/C15H12FN3O2/c16-12-5-1-2-6-13(12)21-9-8-19-10-18-14-11(15(19)20)4-3-7-17-14/h1-7,10H,8-9H2. The molecule has 0 saturated carbocycles. The highest BCUT2D eigenvalue weighted by atomic mass is 19.1. The number of para-hydroxylation sites is 1. The number of aromatic nitrogens is 3. The Bertz CT molecular complexity index is 832. The minimum Gasteiger partial charge on any atom is -0.489 e. The number of pyridine rings is 1. The van der Waals surface area contributed by atoms with Crippen LogP contribution in [0.1, 0.15) is 0 Å². The van der Waals surface area contributed by atoms with Gasteiger partial charge < -0.3 is 4.74 Å². The normalized spacial score (nSPS) is 10.7. The highest BCUT2D eigenvalue weighted by Crippen LogP contribution is 2.15. The fourth-order valence-corrected chi connectivity index (χ4v) is 1.97. The van der Waals surface area contributed by atoms with Crippen LogP contribution < -0.4 is 10.3 Å². The molecule has 0 aliphatic carbocycles. The highest BCUT2D eigenvalue weighted by molar-refractivity contribution is 5.72. The second kappa shape index (κ2) is 5.70. The van der Waals surface area contributed by atoms with E-state index in [-0.39, 0.29) is 24.5 Å². The summed E-state index contributed by atoms with van der Waals surface area (Å²) in [5.74, 6) is -0.258. The predicted octanol–water partition coefficient (Wildman–Crippen LogP) is 2.01. The zero-order valence-corrected chi connectivity index (χ0v) is 11.1. The Hall–Kier alpha value is -2.76. The Kier molecular flexibility index (Phi) is 3.59. The molecule has 1 aromatic carbocycles. The fourth-order valence-electron chi connectivity index (χ4n) is 1.97. The first-order valence-electron chi connectivity index (χ1n) is 6.43. The first-order chi connectivity index (χ1) is 10.3. The van der Waals surface area contributed by atoms with E-state index in [0.717, 1.165) is 0 Å². The summed E-state index contributed by atoms with van der Waals surface area (Å²) in [7, 11) is 0. The van der Waals surface area contributed by atoms with Crippen molar-refractivity contribution in [3.8, 4) is 5.75 Å². The molecule has 106 valence electrons. The van der Waals surface area contributed by atoms with Gasteiger partial charge in [0.15, 0.2) is 17.2 Å². The summed E-state index contributed by atoms with van der Waals surface area (Å²) in [6.07, 6.45) is 3.00. The third kappa shape index (κ3) is 2.74. The summed E-state index contributed by atoms with van der Waals surface area (Å²) < 4.78 is 20.1. The summed E-state index contributed by atoms with van der Waals surface area (Å²) in [6, 6.07) is 9.50. The maximum Gasteiger partial charge on any atom is 0.262 e. The lowest BCUT2D eigenvalue weighted by Gasteiger charge is -2.09. The molecule has 0 saturated heterocycles. The quantitative estimate of drug-likeness (QED) is 0.736. The third-order valence-electron chi connectivity index (χ3n) is 3.02. The highest BCUT2D eigenvalue weighted by Gasteiger charge is 2.05. The molecule has 0 amide bonds. The summed E-state index contributed by atoms with van der Waals surface area (Å²) in [6.45, 7) is 0.458. The zero-order chi connectivity index (χ0) is 14.7. The summed E-state index contributed by atoms with van der Waals surface area (Å²) in [5.41, 5.74) is 0.221. The van der Waals surface area contributed by atoms with Gasteiger partial charge >= 0.3 is 0 Å². The molecule has 0 atom stereocenters. The van der Waals surface area contributed by atoms with Crippen molar-refractivity contribution in [1.29, 1.82) is 0 Å². The monoisotopic (exact) mass is 285 g/mol. The van der Waals surface area contributed by atoms with Crippen LogP contribution >= 0.6 is 0 Å². The van der Waals surface area contributed by atoms with Gasteiger partial charge in [0.25, 0.3) is 5.56 Å². The molecule has 0 unspecified atom stereocenters. The second-order valence-electron chi connectivity index (χ2n) is 4.40. The van der Waals surface area contributed by atoms with Crippen molar-refractivity contribution in [2.24, 2.45) is 0 Å². The zero-order valence-electron chi connectivity index (χ0n) is 11.1. The van der Waals surface area contributed by atoms with Crippen molar-refractivity contribution in [1.82, 2.24) is 14.5 Å². The van der Waals surface area contributed by atoms with Gasteiger partial charge in [-0.25, -0.2) is 14.4 Å². The van der Waals surface area contributed by atoms with Crippen molar-refractivity contribution >= 4 is 11.0 Å². The maximum atomic E-state index is 13.4. The van der Waals surface area contributed by atoms with E-state index in [1.165, 1.54) is 17.0 Å². The van der Waals surface area contributed by atoms with Gasteiger partial charge in [-0.1, -0.05) is 12.1 Å². The van der Waals surface area contributed by atoms with Crippen LogP contribution in [0.2, 0.25) is 0 Å². The van der Waals surface area contributed by atoms with E-state index < -0.39 is 5.82 Å². The number of benzene rings is 1. The van der Waals surface area contributed by atoms with E-state index in [4.69, 9.17) is 4.74 Å². The molecule has 0 aliphatic heterocycles. The van der Waals surface area contributed by atoms with E-state index in [9.17, 15) is 9.18 Å². The fraction of sp³-hybridized carbons (Fsp3) is 0.133. The number of hydrogen-bond donors (Lipinski definition) is 0. The molecule has 0 bridgehead atoms. The second-order valence-corrected chi connectivity index (χ2v) is 4.40. The topological polar surface area (TPSA) is 57.0 Å². The van der Waals surface area contributed by atoms with Crippen LogP contribution in [-0.4, -0.2) is 21.1 Å². The lowest BCUT2D eigenvalue weighted by atomic mass is 10.3. The van der Waals surface area contributed by atoms with E-state index in [2.05, 4.69) is 9.97 Å². The van der Waals surface area contributed by atoms with Gasteiger partial charge in [-0.2, -0.15) is 0 Å². The van der Waals surface area contributed by atoms with Crippen LogP contribution in [-0.2, 0) is 6.54 Å². The van der Waals surface area contributed by atoms with Crippen molar-refractivity contribution in [3.05, 3.63) is 65.1 Å².